The van der Waals surface area contributed by atoms with Crippen LogP contribution in [-0.4, -0.2) is 12.1 Å². The van der Waals surface area contributed by atoms with E-state index in [4.69, 9.17) is 27.9 Å². The molecule has 0 heterocycles. The van der Waals surface area contributed by atoms with E-state index in [1.807, 2.05) is 19.1 Å². The molecule has 4 heteroatoms. The molecule has 0 radical (unpaired) electrons. The van der Waals surface area contributed by atoms with Gasteiger partial charge in [-0.1, -0.05) is 41.4 Å². The number of aryl methyl sites for hydroxylation is 1. The average Bonchev–Trinajstić information content (AvgIpc) is 2.33. The summed E-state index contributed by atoms with van der Waals surface area (Å²) in [6.07, 6.45) is 0. The fourth-order valence-electron chi connectivity index (χ4n) is 1.59. The number of hydrogen-bond donors (Lipinski definition) is 1. The third-order valence-electron chi connectivity index (χ3n) is 2.58. The van der Waals surface area contributed by atoms with Gasteiger partial charge in [-0.2, -0.15) is 0 Å². The zero-order valence-electron chi connectivity index (χ0n) is 11.9. The van der Waals surface area contributed by atoms with Crippen molar-refractivity contribution in [2.24, 2.45) is 0 Å². The minimum atomic E-state index is 0.0642. The van der Waals surface area contributed by atoms with E-state index < -0.39 is 0 Å². The minimum Gasteiger partial charge on any atom is -0.487 e. The van der Waals surface area contributed by atoms with Crippen LogP contribution in [0.2, 0.25) is 0 Å². The second kappa shape index (κ2) is 7.18. The van der Waals surface area contributed by atoms with E-state index in [-0.39, 0.29) is 5.54 Å². The Kier molecular flexibility index (Phi) is 6.18. The molecular weight excluding hydrogens is 281 g/mol. The summed E-state index contributed by atoms with van der Waals surface area (Å²) in [6, 6.07) is 6.11. The summed E-state index contributed by atoms with van der Waals surface area (Å²) in [6.45, 7) is 9.47. The van der Waals surface area contributed by atoms with E-state index in [9.17, 15) is 0 Å². The van der Waals surface area contributed by atoms with Gasteiger partial charge in [0.1, 0.15) is 12.4 Å². The Morgan fingerprint density at radius 3 is 2.63 bits per heavy atom. The van der Waals surface area contributed by atoms with Crippen molar-refractivity contribution in [3.05, 3.63) is 39.9 Å². The molecule has 19 heavy (non-hydrogen) atoms. The van der Waals surface area contributed by atoms with Crippen molar-refractivity contribution in [2.75, 3.05) is 6.61 Å². The summed E-state index contributed by atoms with van der Waals surface area (Å²) in [5.41, 5.74) is 3.60. The second-order valence-corrected chi connectivity index (χ2v) is 6.22. The number of ether oxygens (including phenoxy) is 1. The van der Waals surface area contributed by atoms with Crippen LogP contribution in [0.1, 0.15) is 31.9 Å². The minimum absolute atomic E-state index is 0.0642. The lowest BCUT2D eigenvalue weighted by Crippen LogP contribution is -2.35. The summed E-state index contributed by atoms with van der Waals surface area (Å²) in [4.78, 5) is 0. The highest BCUT2D eigenvalue weighted by Crippen LogP contribution is 2.25. The fraction of sp³-hybridized carbons (Fsp3) is 0.467. The molecule has 0 unspecified atom stereocenters. The highest BCUT2D eigenvalue weighted by molar-refractivity contribution is 6.36. The zero-order chi connectivity index (χ0) is 14.5. The zero-order valence-corrected chi connectivity index (χ0v) is 13.4. The fourth-order valence-corrected chi connectivity index (χ4v) is 1.71. The normalized spacial score (nSPS) is 12.6. The van der Waals surface area contributed by atoms with Crippen LogP contribution in [0.4, 0.5) is 0 Å². The highest BCUT2D eigenvalue weighted by Gasteiger charge is 2.12. The predicted molar refractivity (Wildman–Crippen MR) is 83.1 cm³/mol. The van der Waals surface area contributed by atoms with Crippen LogP contribution in [0.15, 0.2) is 28.8 Å². The lowest BCUT2D eigenvalue weighted by atomic mass is 10.1. The van der Waals surface area contributed by atoms with Crippen molar-refractivity contribution >= 4 is 23.2 Å². The van der Waals surface area contributed by atoms with E-state index in [0.29, 0.717) is 11.6 Å². The van der Waals surface area contributed by atoms with Crippen LogP contribution in [0.25, 0.3) is 0 Å². The molecule has 1 aromatic rings. The molecule has 2 nitrogen and oxygen atoms in total. The van der Waals surface area contributed by atoms with Gasteiger partial charge in [-0.25, -0.2) is 0 Å². The molecule has 0 fully saturated rings. The van der Waals surface area contributed by atoms with E-state index >= 15 is 0 Å². The molecule has 0 aliphatic carbocycles. The van der Waals surface area contributed by atoms with Crippen molar-refractivity contribution in [1.29, 1.82) is 0 Å². The predicted octanol–water partition coefficient (Wildman–Crippen LogP) is 4.58. The standard InChI is InChI=1S/C15H21Cl2NO/c1-11-6-5-7-12(9-18-15(2,3)4)14(11)19-10-13(17)8-16/h5-8,18H,9-10H2,1-4H3/b13-8-. The van der Waals surface area contributed by atoms with Crippen molar-refractivity contribution in [3.63, 3.8) is 0 Å². The Labute approximate surface area is 125 Å². The molecule has 0 saturated heterocycles. The van der Waals surface area contributed by atoms with Gasteiger partial charge in [-0.05, 0) is 33.3 Å². The number of nitrogens with one attached hydrogen (secondary N) is 1. The summed E-state index contributed by atoms with van der Waals surface area (Å²) >= 11 is 11.4. The van der Waals surface area contributed by atoms with E-state index in [2.05, 4.69) is 32.2 Å². The quantitative estimate of drug-likeness (QED) is 0.859. The Bertz CT molecular complexity index is 450. The molecule has 1 N–H and O–H groups in total. The van der Waals surface area contributed by atoms with Crippen LogP contribution in [0, 0.1) is 6.92 Å². The van der Waals surface area contributed by atoms with Crippen LogP contribution in [-0.2, 0) is 6.54 Å². The molecule has 0 aliphatic heterocycles. The molecule has 106 valence electrons. The maximum atomic E-state index is 5.86. The molecule has 0 aromatic heterocycles. The van der Waals surface area contributed by atoms with Gasteiger partial charge >= 0.3 is 0 Å². The largest absolute Gasteiger partial charge is 0.487 e. The van der Waals surface area contributed by atoms with Crippen LogP contribution in [0.5, 0.6) is 5.75 Å². The molecule has 0 saturated carbocycles. The first-order valence-electron chi connectivity index (χ1n) is 6.24. The van der Waals surface area contributed by atoms with E-state index in [1.165, 1.54) is 5.54 Å². The molecule has 0 bridgehead atoms. The SMILES string of the molecule is Cc1cccc(CNC(C)(C)C)c1OC/C(Cl)=C/Cl. The Morgan fingerprint density at radius 2 is 2.05 bits per heavy atom. The van der Waals surface area contributed by atoms with Gasteiger partial charge in [0.2, 0.25) is 0 Å². The summed E-state index contributed by atoms with van der Waals surface area (Å²) in [5.74, 6) is 0.871. The Hall–Kier alpha value is -0.700. The monoisotopic (exact) mass is 301 g/mol. The number of halogens is 2. The van der Waals surface area contributed by atoms with Gasteiger partial charge in [0.25, 0.3) is 0 Å². The van der Waals surface area contributed by atoms with Gasteiger partial charge in [0.05, 0.1) is 5.03 Å². The molecular formula is C15H21Cl2NO. The summed E-state index contributed by atoms with van der Waals surface area (Å²) < 4.78 is 5.76. The van der Waals surface area contributed by atoms with Crippen LogP contribution >= 0.6 is 23.2 Å². The molecule has 0 spiro atoms. The van der Waals surface area contributed by atoms with Crippen molar-refractivity contribution < 1.29 is 4.74 Å². The summed E-state index contributed by atoms with van der Waals surface area (Å²) in [5, 5.41) is 3.94. The first-order chi connectivity index (χ1) is 8.83. The van der Waals surface area contributed by atoms with E-state index in [1.54, 1.807) is 0 Å². The topological polar surface area (TPSA) is 21.3 Å². The van der Waals surface area contributed by atoms with Gasteiger partial charge in [0, 0.05) is 23.2 Å². The smallest absolute Gasteiger partial charge is 0.127 e. The average molecular weight is 302 g/mol. The first kappa shape index (κ1) is 16.4. The number of benzene rings is 1. The maximum Gasteiger partial charge on any atom is 0.127 e. The van der Waals surface area contributed by atoms with Crippen LogP contribution in [0.3, 0.4) is 0 Å². The van der Waals surface area contributed by atoms with Crippen molar-refractivity contribution in [2.45, 2.75) is 39.8 Å². The Balaban J connectivity index is 2.83. The molecule has 0 amide bonds. The van der Waals surface area contributed by atoms with Gasteiger partial charge in [-0.3, -0.25) is 0 Å². The van der Waals surface area contributed by atoms with Crippen molar-refractivity contribution in [1.82, 2.24) is 5.32 Å². The van der Waals surface area contributed by atoms with Crippen molar-refractivity contribution in [3.8, 4) is 5.75 Å². The molecule has 0 aliphatic rings. The highest BCUT2D eigenvalue weighted by atomic mass is 35.5. The first-order valence-corrected chi connectivity index (χ1v) is 7.06. The third kappa shape index (κ3) is 5.85. The molecule has 0 atom stereocenters. The maximum absolute atomic E-state index is 5.86. The van der Waals surface area contributed by atoms with E-state index in [0.717, 1.165) is 23.4 Å². The lowest BCUT2D eigenvalue weighted by Gasteiger charge is -2.22. The van der Waals surface area contributed by atoms with Gasteiger partial charge < -0.3 is 10.1 Å². The van der Waals surface area contributed by atoms with Gasteiger partial charge in [-0.15, -0.1) is 0 Å². The Morgan fingerprint density at radius 1 is 1.37 bits per heavy atom. The van der Waals surface area contributed by atoms with Gasteiger partial charge in [0.15, 0.2) is 0 Å². The second-order valence-electron chi connectivity index (χ2n) is 5.51. The lowest BCUT2D eigenvalue weighted by molar-refractivity contribution is 0.347. The number of hydrogen-bond acceptors (Lipinski definition) is 2. The molecule has 1 rings (SSSR count). The number of para-hydroxylation sites is 1. The molecule has 1 aromatic carbocycles. The summed E-state index contributed by atoms with van der Waals surface area (Å²) in [7, 11) is 0. The number of rotatable bonds is 5. The van der Waals surface area contributed by atoms with Crippen LogP contribution < -0.4 is 10.1 Å². The third-order valence-corrected chi connectivity index (χ3v) is 3.17.